The van der Waals surface area contributed by atoms with Crippen LogP contribution in [0.4, 0.5) is 5.69 Å². The van der Waals surface area contributed by atoms with Gasteiger partial charge < -0.3 is 4.90 Å². The fourth-order valence-corrected chi connectivity index (χ4v) is 2.76. The molecule has 1 saturated heterocycles. The summed E-state index contributed by atoms with van der Waals surface area (Å²) in [5, 5.41) is 10.8. The maximum absolute atomic E-state index is 12.5. The number of rotatable bonds is 4. The van der Waals surface area contributed by atoms with Crippen LogP contribution in [0.15, 0.2) is 48.7 Å². The third-order valence-electron chi connectivity index (χ3n) is 4.08. The first-order valence-corrected chi connectivity index (χ1v) is 7.79. The lowest BCUT2D eigenvalue weighted by Gasteiger charge is -2.34. The second kappa shape index (κ2) is 7.18. The molecular formula is C17H18N4O3. The lowest BCUT2D eigenvalue weighted by Crippen LogP contribution is -2.48. The number of hydrogen-bond donors (Lipinski definition) is 0. The maximum Gasteiger partial charge on any atom is 0.270 e. The summed E-state index contributed by atoms with van der Waals surface area (Å²) in [6, 6.07) is 11.7. The maximum atomic E-state index is 12.5. The SMILES string of the molecule is O=C(c1cccc([N+](=O)[O-])c1)N1CCN(Cc2ccccn2)CC1. The van der Waals surface area contributed by atoms with Gasteiger partial charge in [-0.1, -0.05) is 12.1 Å². The van der Waals surface area contributed by atoms with E-state index in [9.17, 15) is 14.9 Å². The average Bonchev–Trinajstić information content (AvgIpc) is 2.63. The van der Waals surface area contributed by atoms with E-state index in [0.717, 1.165) is 25.3 Å². The molecule has 1 aromatic heterocycles. The molecule has 24 heavy (non-hydrogen) atoms. The van der Waals surface area contributed by atoms with Gasteiger partial charge >= 0.3 is 0 Å². The molecule has 0 aliphatic carbocycles. The fraction of sp³-hybridized carbons (Fsp3) is 0.294. The Bertz CT molecular complexity index is 728. The summed E-state index contributed by atoms with van der Waals surface area (Å²) in [6.45, 7) is 3.50. The summed E-state index contributed by atoms with van der Waals surface area (Å²) < 4.78 is 0. The normalized spacial score (nSPS) is 15.2. The van der Waals surface area contributed by atoms with E-state index in [0.29, 0.717) is 18.7 Å². The van der Waals surface area contributed by atoms with Crippen molar-refractivity contribution in [3.8, 4) is 0 Å². The number of aromatic nitrogens is 1. The van der Waals surface area contributed by atoms with Crippen LogP contribution < -0.4 is 0 Å². The summed E-state index contributed by atoms with van der Waals surface area (Å²) in [7, 11) is 0. The minimum atomic E-state index is -0.485. The molecule has 124 valence electrons. The molecule has 0 atom stereocenters. The van der Waals surface area contributed by atoms with Crippen molar-refractivity contribution in [2.45, 2.75) is 6.54 Å². The molecule has 0 N–H and O–H groups in total. The highest BCUT2D eigenvalue weighted by atomic mass is 16.6. The summed E-state index contributed by atoms with van der Waals surface area (Å²) >= 11 is 0. The number of hydrogen-bond acceptors (Lipinski definition) is 5. The quantitative estimate of drug-likeness (QED) is 0.634. The molecule has 2 heterocycles. The second-order valence-corrected chi connectivity index (χ2v) is 5.70. The highest BCUT2D eigenvalue weighted by Gasteiger charge is 2.23. The van der Waals surface area contributed by atoms with Gasteiger partial charge in [0.2, 0.25) is 0 Å². The number of non-ortho nitro benzene ring substituents is 1. The van der Waals surface area contributed by atoms with E-state index in [1.165, 1.54) is 12.1 Å². The Morgan fingerprint density at radius 2 is 1.92 bits per heavy atom. The van der Waals surface area contributed by atoms with Crippen LogP contribution in [0.2, 0.25) is 0 Å². The zero-order valence-corrected chi connectivity index (χ0v) is 13.2. The molecule has 1 amide bonds. The van der Waals surface area contributed by atoms with Gasteiger partial charge in [0.05, 0.1) is 10.6 Å². The van der Waals surface area contributed by atoms with Gasteiger partial charge in [0.1, 0.15) is 0 Å². The zero-order valence-electron chi connectivity index (χ0n) is 13.2. The highest BCUT2D eigenvalue weighted by Crippen LogP contribution is 2.16. The molecule has 1 aromatic carbocycles. The van der Waals surface area contributed by atoms with Crippen LogP contribution in [-0.4, -0.2) is 51.8 Å². The number of nitro benzene ring substituents is 1. The predicted molar refractivity (Wildman–Crippen MR) is 88.5 cm³/mol. The molecule has 1 aliphatic heterocycles. The Morgan fingerprint density at radius 1 is 1.12 bits per heavy atom. The van der Waals surface area contributed by atoms with Crippen molar-refractivity contribution >= 4 is 11.6 Å². The van der Waals surface area contributed by atoms with Crippen molar-refractivity contribution in [2.24, 2.45) is 0 Å². The molecule has 3 rings (SSSR count). The van der Waals surface area contributed by atoms with E-state index in [1.807, 2.05) is 18.2 Å². The molecule has 0 saturated carbocycles. The van der Waals surface area contributed by atoms with E-state index in [-0.39, 0.29) is 11.6 Å². The minimum absolute atomic E-state index is 0.0605. The number of nitro groups is 1. The van der Waals surface area contributed by atoms with Gasteiger partial charge in [0.25, 0.3) is 11.6 Å². The number of pyridine rings is 1. The number of nitrogens with zero attached hydrogens (tertiary/aromatic N) is 4. The lowest BCUT2D eigenvalue weighted by molar-refractivity contribution is -0.384. The number of amides is 1. The van der Waals surface area contributed by atoms with Crippen LogP contribution in [0, 0.1) is 10.1 Å². The van der Waals surface area contributed by atoms with Gasteiger partial charge in [0, 0.05) is 56.6 Å². The van der Waals surface area contributed by atoms with Crippen LogP contribution in [0.1, 0.15) is 16.1 Å². The molecule has 2 aromatic rings. The van der Waals surface area contributed by atoms with E-state index in [4.69, 9.17) is 0 Å². The summed E-state index contributed by atoms with van der Waals surface area (Å²) in [5.41, 5.74) is 1.31. The third-order valence-corrected chi connectivity index (χ3v) is 4.08. The van der Waals surface area contributed by atoms with Crippen LogP contribution >= 0.6 is 0 Å². The van der Waals surface area contributed by atoms with Gasteiger partial charge in [-0.3, -0.25) is 24.8 Å². The highest BCUT2D eigenvalue weighted by molar-refractivity contribution is 5.94. The molecule has 0 spiro atoms. The van der Waals surface area contributed by atoms with Gasteiger partial charge in [-0.05, 0) is 18.2 Å². The molecule has 0 radical (unpaired) electrons. The Hall–Kier alpha value is -2.80. The zero-order chi connectivity index (χ0) is 16.9. The van der Waals surface area contributed by atoms with E-state index in [2.05, 4.69) is 9.88 Å². The van der Waals surface area contributed by atoms with Crippen LogP contribution in [0.3, 0.4) is 0 Å². The molecule has 1 aliphatic rings. The Labute approximate surface area is 139 Å². The molecular weight excluding hydrogens is 308 g/mol. The lowest BCUT2D eigenvalue weighted by atomic mass is 10.1. The second-order valence-electron chi connectivity index (χ2n) is 5.70. The molecule has 1 fully saturated rings. The van der Waals surface area contributed by atoms with Gasteiger partial charge in [0.15, 0.2) is 0 Å². The van der Waals surface area contributed by atoms with Gasteiger partial charge in [-0.15, -0.1) is 0 Å². The van der Waals surface area contributed by atoms with Crippen molar-refractivity contribution in [2.75, 3.05) is 26.2 Å². The van der Waals surface area contributed by atoms with Crippen molar-refractivity contribution in [3.63, 3.8) is 0 Å². The summed E-state index contributed by atoms with van der Waals surface area (Å²) in [4.78, 5) is 31.2. The van der Waals surface area contributed by atoms with E-state index >= 15 is 0 Å². The predicted octanol–water partition coefficient (Wildman–Crippen LogP) is 1.95. The topological polar surface area (TPSA) is 79.6 Å². The largest absolute Gasteiger partial charge is 0.336 e. The van der Waals surface area contributed by atoms with Gasteiger partial charge in [-0.25, -0.2) is 0 Å². The Balaban J connectivity index is 1.59. The fourth-order valence-electron chi connectivity index (χ4n) is 2.76. The van der Waals surface area contributed by atoms with Gasteiger partial charge in [-0.2, -0.15) is 0 Å². The van der Waals surface area contributed by atoms with Crippen LogP contribution in [0.5, 0.6) is 0 Å². The molecule has 0 unspecified atom stereocenters. The average molecular weight is 326 g/mol. The molecule has 7 nitrogen and oxygen atoms in total. The van der Waals surface area contributed by atoms with E-state index < -0.39 is 4.92 Å². The minimum Gasteiger partial charge on any atom is -0.336 e. The number of carbonyl (C=O) groups is 1. The third kappa shape index (κ3) is 3.75. The number of benzene rings is 1. The molecule has 0 bridgehead atoms. The van der Waals surface area contributed by atoms with Crippen molar-refractivity contribution in [3.05, 3.63) is 70.0 Å². The summed E-state index contributed by atoms with van der Waals surface area (Å²) in [5.74, 6) is -0.156. The molecule has 7 heteroatoms. The smallest absolute Gasteiger partial charge is 0.270 e. The van der Waals surface area contributed by atoms with E-state index in [1.54, 1.807) is 23.2 Å². The summed E-state index contributed by atoms with van der Waals surface area (Å²) in [6.07, 6.45) is 1.78. The van der Waals surface area contributed by atoms with Crippen molar-refractivity contribution in [1.82, 2.24) is 14.8 Å². The Kier molecular flexibility index (Phi) is 4.81. The van der Waals surface area contributed by atoms with Crippen molar-refractivity contribution < 1.29 is 9.72 Å². The Morgan fingerprint density at radius 3 is 2.58 bits per heavy atom. The first-order valence-electron chi connectivity index (χ1n) is 7.79. The first kappa shape index (κ1) is 16.1. The first-order chi connectivity index (χ1) is 11.6. The van der Waals surface area contributed by atoms with Crippen molar-refractivity contribution in [1.29, 1.82) is 0 Å². The standard InChI is InChI=1S/C17H18N4O3/c22-17(14-4-3-6-16(12-14)21(23)24)20-10-8-19(9-11-20)13-15-5-1-2-7-18-15/h1-7,12H,8-11,13H2. The number of piperazine rings is 1. The number of carbonyl (C=O) groups excluding carboxylic acids is 1. The van der Waals surface area contributed by atoms with Crippen LogP contribution in [-0.2, 0) is 6.54 Å². The van der Waals surface area contributed by atoms with Crippen LogP contribution in [0.25, 0.3) is 0 Å². The monoisotopic (exact) mass is 326 g/mol.